The van der Waals surface area contributed by atoms with E-state index in [-0.39, 0.29) is 85.7 Å². The highest BCUT2D eigenvalue weighted by atomic mass is 16.5. The van der Waals surface area contributed by atoms with Crippen molar-refractivity contribution in [3.63, 3.8) is 0 Å². The fourth-order valence-corrected chi connectivity index (χ4v) is 9.20. The number of ether oxygens (including phenoxy) is 4. The molecule has 1 aliphatic carbocycles. The number of nitrogen functional groups attached to an aromatic ring is 2. The number of carbonyl (C=O) groups excluding carboxylic acids is 2. The van der Waals surface area contributed by atoms with Crippen molar-refractivity contribution in [2.75, 3.05) is 56.5 Å². The lowest BCUT2D eigenvalue weighted by molar-refractivity contribution is -0.115. The Balaban J connectivity index is 1.56. The lowest BCUT2D eigenvalue weighted by Crippen LogP contribution is -2.16. The fraction of sp³-hybridized carbons (Fsp3) is 0.448. The minimum Gasteiger partial charge on any atom is -0.490 e. The number of nitrogens with one attached hydrogen (secondary N) is 6. The zero-order chi connectivity index (χ0) is 56.2. The van der Waals surface area contributed by atoms with Crippen LogP contribution in [0.25, 0.3) is 0 Å². The molecule has 0 spiro atoms. The van der Waals surface area contributed by atoms with E-state index >= 15 is 0 Å². The molecule has 0 aliphatic heterocycles. The predicted octanol–water partition coefficient (Wildman–Crippen LogP) is 10.9. The molecule has 4 aromatic carbocycles. The van der Waals surface area contributed by atoms with Crippen LogP contribution < -0.4 is 62.3 Å². The zero-order valence-electron chi connectivity index (χ0n) is 47.3. The molecule has 0 radical (unpaired) electrons. The van der Waals surface area contributed by atoms with Crippen molar-refractivity contribution in [2.45, 2.75) is 159 Å². The molecule has 0 atom stereocenters. The van der Waals surface area contributed by atoms with Crippen molar-refractivity contribution in [2.24, 2.45) is 0 Å². The average molecular weight is 1070 g/mol. The lowest BCUT2D eigenvalue weighted by Gasteiger charge is -2.26. The van der Waals surface area contributed by atoms with E-state index < -0.39 is 0 Å². The molecule has 0 fully saturated rings. The van der Waals surface area contributed by atoms with Gasteiger partial charge < -0.3 is 62.3 Å². The van der Waals surface area contributed by atoms with Gasteiger partial charge in [0, 0.05) is 120 Å². The van der Waals surface area contributed by atoms with Gasteiger partial charge in [0.15, 0.2) is 0 Å². The normalized spacial score (nSPS) is 12.1. The second kappa shape index (κ2) is 26.3. The van der Waals surface area contributed by atoms with Crippen molar-refractivity contribution in [3.8, 4) is 23.0 Å². The van der Waals surface area contributed by atoms with E-state index in [9.17, 15) is 9.59 Å². The summed E-state index contributed by atoms with van der Waals surface area (Å²) in [7, 11) is 0. The smallest absolute Gasteiger partial charge is 0.233 e. The summed E-state index contributed by atoms with van der Waals surface area (Å²) in [6, 6.07) is 15.9. The highest BCUT2D eigenvalue weighted by Crippen LogP contribution is 2.44. The van der Waals surface area contributed by atoms with E-state index in [0.29, 0.717) is 70.7 Å². The van der Waals surface area contributed by atoms with Crippen molar-refractivity contribution >= 4 is 70.3 Å². The summed E-state index contributed by atoms with van der Waals surface area (Å²) in [6.45, 7) is 24.5. The van der Waals surface area contributed by atoms with Crippen molar-refractivity contribution in [3.05, 3.63) is 93.0 Å². The van der Waals surface area contributed by atoms with E-state index in [1.807, 2.05) is 104 Å². The number of nitrogens with zero attached hydrogens (tertiary/aromatic N) is 6. The van der Waals surface area contributed by atoms with Crippen LogP contribution in [-0.4, -0.2) is 79.2 Å². The van der Waals surface area contributed by atoms with E-state index in [2.05, 4.69) is 65.7 Å². The number of aromatic nitrogens is 6. The summed E-state index contributed by atoms with van der Waals surface area (Å²) in [5, 5.41) is 19.6. The van der Waals surface area contributed by atoms with Gasteiger partial charge >= 0.3 is 0 Å². The molecule has 78 heavy (non-hydrogen) atoms. The molecule has 10 N–H and O–H groups in total. The topological polar surface area (TPSA) is 273 Å². The van der Waals surface area contributed by atoms with Gasteiger partial charge in [-0.3, -0.25) is 9.59 Å². The number of carbonyl (C=O) groups is 2. The SMILES string of the molecule is CCCCNc1nc(N)nc(Nc2cc3c(OC(C)C)c(c2)Cc2cc(NC(C)=O)cc(c2OC(C)C)Cc2cc(Nc4nc(N)nc(NCCCC)n4)cc(c2OC(C)C)Cc2cc(NC(C)=O)cc(c2OC(C)C)C3)n1. The molecule has 416 valence electrons. The van der Waals surface area contributed by atoms with Crippen LogP contribution in [0.2, 0.25) is 0 Å². The molecule has 1 aliphatic rings. The summed E-state index contributed by atoms with van der Waals surface area (Å²) in [5.41, 5.74) is 21.3. The quantitative estimate of drug-likeness (QED) is 0.0293. The number of hydrogen-bond acceptors (Lipinski definition) is 18. The van der Waals surface area contributed by atoms with Crippen LogP contribution in [0.4, 0.5) is 58.4 Å². The van der Waals surface area contributed by atoms with Gasteiger partial charge in [-0.1, -0.05) is 26.7 Å². The maximum Gasteiger partial charge on any atom is 0.233 e. The Bertz CT molecular complexity index is 2790. The van der Waals surface area contributed by atoms with Crippen LogP contribution in [0, 0.1) is 0 Å². The van der Waals surface area contributed by atoms with Crippen molar-refractivity contribution in [1.29, 1.82) is 0 Å². The monoisotopic (exact) mass is 1070 g/mol. The Hall–Kier alpha value is -8.16. The maximum absolute atomic E-state index is 13.0. The summed E-state index contributed by atoms with van der Waals surface area (Å²) < 4.78 is 27.7. The number of hydrogen-bond donors (Lipinski definition) is 8. The van der Waals surface area contributed by atoms with Crippen LogP contribution in [0.15, 0.2) is 48.5 Å². The second-order valence-corrected chi connectivity index (χ2v) is 20.7. The fourth-order valence-electron chi connectivity index (χ4n) is 9.20. The summed E-state index contributed by atoms with van der Waals surface area (Å²) in [6.07, 6.45) is 3.92. The molecule has 0 saturated heterocycles. The summed E-state index contributed by atoms with van der Waals surface area (Å²) in [5.74, 6) is 3.38. The summed E-state index contributed by atoms with van der Waals surface area (Å²) >= 11 is 0. The predicted molar refractivity (Wildman–Crippen MR) is 310 cm³/mol. The highest BCUT2D eigenvalue weighted by molar-refractivity contribution is 5.90. The number of amides is 2. The highest BCUT2D eigenvalue weighted by Gasteiger charge is 2.27. The minimum atomic E-state index is -0.254. The first-order chi connectivity index (χ1) is 37.2. The number of unbranched alkanes of at least 4 members (excludes halogenated alkanes) is 2. The average Bonchev–Trinajstić information content (AvgIpc) is 3.37. The van der Waals surface area contributed by atoms with Crippen molar-refractivity contribution in [1.82, 2.24) is 29.9 Å². The van der Waals surface area contributed by atoms with Crippen LogP contribution in [0.3, 0.4) is 0 Å². The Morgan fingerprint density at radius 1 is 0.436 bits per heavy atom. The third-order valence-corrected chi connectivity index (χ3v) is 12.0. The van der Waals surface area contributed by atoms with E-state index in [1.165, 1.54) is 13.8 Å². The first-order valence-electron chi connectivity index (χ1n) is 27.1. The second-order valence-electron chi connectivity index (χ2n) is 20.7. The van der Waals surface area contributed by atoms with Gasteiger partial charge in [-0.15, -0.1) is 0 Å². The van der Waals surface area contributed by atoms with Gasteiger partial charge in [0.25, 0.3) is 0 Å². The molecule has 8 bridgehead atoms. The van der Waals surface area contributed by atoms with E-state index in [4.69, 9.17) is 40.4 Å². The first-order valence-corrected chi connectivity index (χ1v) is 27.1. The molecule has 0 unspecified atom stereocenters. The number of nitrogens with two attached hydrogens (primary N) is 2. The Morgan fingerprint density at radius 3 is 0.936 bits per heavy atom. The molecule has 2 amide bonds. The number of rotatable bonds is 22. The lowest BCUT2D eigenvalue weighted by atomic mass is 9.90. The van der Waals surface area contributed by atoms with Crippen LogP contribution >= 0.6 is 0 Å². The Kier molecular flexibility index (Phi) is 19.4. The van der Waals surface area contributed by atoms with Gasteiger partial charge in [0.1, 0.15) is 23.0 Å². The molecule has 20 heteroatoms. The molecule has 0 saturated carbocycles. The van der Waals surface area contributed by atoms with Crippen LogP contribution in [-0.2, 0) is 35.3 Å². The molecule has 2 heterocycles. The maximum atomic E-state index is 13.0. The summed E-state index contributed by atoms with van der Waals surface area (Å²) in [4.78, 5) is 53.1. The Morgan fingerprint density at radius 2 is 0.692 bits per heavy atom. The third kappa shape index (κ3) is 16.0. The molecule has 20 nitrogen and oxygen atoms in total. The number of anilines is 10. The number of benzene rings is 4. The third-order valence-electron chi connectivity index (χ3n) is 12.0. The van der Waals surface area contributed by atoms with Gasteiger partial charge in [0.2, 0.25) is 47.5 Å². The minimum absolute atomic E-state index is 0.0538. The van der Waals surface area contributed by atoms with E-state index in [0.717, 1.165) is 70.2 Å². The molecule has 2 aromatic heterocycles. The zero-order valence-corrected chi connectivity index (χ0v) is 47.3. The largest absolute Gasteiger partial charge is 0.490 e. The molecule has 6 aromatic rings. The first kappa shape index (κ1) is 57.5. The van der Waals surface area contributed by atoms with Crippen LogP contribution in [0.1, 0.15) is 153 Å². The molecule has 7 rings (SSSR count). The van der Waals surface area contributed by atoms with Crippen molar-refractivity contribution < 1.29 is 28.5 Å². The standard InChI is InChI=1S/C58H78N14O6/c1-13-15-17-61-55-67-53(59)69-57(71-55)65-47-27-41-19-37-23-45(63-35(11)73)25-39(49(37)75-31(3)4)21-43-29-48(66-58-70-54(60)68-56(72-58)62-18-16-14-2)30-44(52(43)78-34(9)10)22-40-26-46(64-36(12)74)24-38(50(40)76-32(5)6)20-42(28-47)51(41)77-33(7)8/h23-34H,13-22H2,1-12H3,(H,63,73)(H,64,74)(H4,59,61,65,67,69,71)(H4,60,62,66,68,70,72). The molecular formula is C58H78N14O6. The van der Waals surface area contributed by atoms with Gasteiger partial charge in [-0.2, -0.15) is 29.9 Å². The number of fused-ring (bicyclic) bond motifs is 8. The Labute approximate surface area is 458 Å². The van der Waals surface area contributed by atoms with Gasteiger partial charge in [-0.05, 0) is 117 Å². The van der Waals surface area contributed by atoms with Gasteiger partial charge in [-0.25, -0.2) is 0 Å². The molecular weight excluding hydrogens is 989 g/mol. The van der Waals surface area contributed by atoms with E-state index in [1.54, 1.807) is 0 Å². The van der Waals surface area contributed by atoms with Crippen LogP contribution in [0.5, 0.6) is 23.0 Å². The van der Waals surface area contributed by atoms with Gasteiger partial charge in [0.05, 0.1) is 24.4 Å².